The first-order valence-corrected chi connectivity index (χ1v) is 7.91. The number of hydrogen-bond donors (Lipinski definition) is 1. The number of primary amides is 1. The second-order valence-corrected chi connectivity index (χ2v) is 7.11. The molecule has 0 heterocycles. The lowest BCUT2D eigenvalue weighted by molar-refractivity contribution is -0.122. The van der Waals surface area contributed by atoms with Gasteiger partial charge in [-0.25, -0.2) is 12.7 Å². The maximum absolute atomic E-state index is 12.3. The Balaban J connectivity index is 5.05. The van der Waals surface area contributed by atoms with Crippen LogP contribution >= 0.6 is 0 Å². The average Bonchev–Trinajstić information content (AvgIpc) is 2.33. The molecule has 1 atom stereocenters. The van der Waals surface area contributed by atoms with Gasteiger partial charge in [0.15, 0.2) is 0 Å². The van der Waals surface area contributed by atoms with Gasteiger partial charge in [0.2, 0.25) is 15.9 Å². The van der Waals surface area contributed by atoms with Crippen LogP contribution in [0, 0.1) is 5.92 Å². The summed E-state index contributed by atoms with van der Waals surface area (Å²) in [5.41, 5.74) is 5.23. The normalized spacial score (nSPS) is 12.8. The number of hydrogen-bond acceptors (Lipinski definition) is 5. The molecule has 21 heavy (non-hydrogen) atoms. The van der Waals surface area contributed by atoms with Crippen LogP contribution < -0.4 is 5.73 Å². The first-order chi connectivity index (χ1) is 9.51. The van der Waals surface area contributed by atoms with Crippen LogP contribution in [0.4, 0.5) is 0 Å². The van der Waals surface area contributed by atoms with Gasteiger partial charge in [0, 0.05) is 5.57 Å². The minimum Gasteiger partial charge on any atom is -0.366 e. The van der Waals surface area contributed by atoms with Gasteiger partial charge in [-0.05, 0) is 32.5 Å². The second kappa shape index (κ2) is 7.94. The fourth-order valence-electron chi connectivity index (χ4n) is 1.68. The number of sulfonamides is 1. The molecule has 0 fully saturated rings. The number of rotatable bonds is 9. The van der Waals surface area contributed by atoms with Crippen LogP contribution in [0.1, 0.15) is 13.3 Å². The van der Waals surface area contributed by atoms with E-state index in [4.69, 9.17) is 5.73 Å². The van der Waals surface area contributed by atoms with E-state index in [1.165, 1.54) is 0 Å². The molecule has 0 aliphatic rings. The van der Waals surface area contributed by atoms with Gasteiger partial charge >= 0.3 is 0 Å². The highest BCUT2D eigenvalue weighted by Crippen LogP contribution is 2.15. The molecular weight excluding hydrogens is 294 g/mol. The van der Waals surface area contributed by atoms with Crippen molar-refractivity contribution < 1.29 is 18.0 Å². The second-order valence-electron chi connectivity index (χ2n) is 5.17. The summed E-state index contributed by atoms with van der Waals surface area (Å²) in [6.07, 6.45) is 1.11. The summed E-state index contributed by atoms with van der Waals surface area (Å²) < 4.78 is 25.4. The Morgan fingerprint density at radius 1 is 1.33 bits per heavy atom. The van der Waals surface area contributed by atoms with Crippen molar-refractivity contribution >= 4 is 21.8 Å². The molecule has 0 saturated heterocycles. The Bertz CT molecular complexity index is 526. The molecule has 0 aromatic rings. The van der Waals surface area contributed by atoms with Crippen molar-refractivity contribution in [3.63, 3.8) is 0 Å². The van der Waals surface area contributed by atoms with Gasteiger partial charge in [0.1, 0.15) is 0 Å². The molecule has 0 aliphatic carbocycles. The molecule has 0 radical (unpaired) electrons. The van der Waals surface area contributed by atoms with E-state index in [0.717, 1.165) is 10.4 Å². The van der Waals surface area contributed by atoms with E-state index in [1.54, 1.807) is 25.9 Å². The summed E-state index contributed by atoms with van der Waals surface area (Å²) in [6.45, 7) is 8.38. The zero-order chi connectivity index (χ0) is 16.8. The third-order valence-corrected chi connectivity index (χ3v) is 4.56. The van der Waals surface area contributed by atoms with E-state index in [2.05, 4.69) is 13.2 Å². The van der Waals surface area contributed by atoms with Crippen LogP contribution in [0.2, 0.25) is 0 Å². The first kappa shape index (κ1) is 19.3. The lowest BCUT2D eigenvalue weighted by Crippen LogP contribution is -2.44. The van der Waals surface area contributed by atoms with Gasteiger partial charge < -0.3 is 5.73 Å². The van der Waals surface area contributed by atoms with Crippen molar-refractivity contribution in [2.75, 3.05) is 26.5 Å². The number of amides is 2. The van der Waals surface area contributed by atoms with Gasteiger partial charge in [-0.1, -0.05) is 20.1 Å². The fraction of sp³-hybridized carbons (Fsp3) is 0.538. The zero-order valence-electron chi connectivity index (χ0n) is 12.7. The number of nitrogens with zero attached hydrogens (tertiary/aromatic N) is 2. The molecule has 8 heteroatoms. The maximum Gasteiger partial charge on any atom is 0.260 e. The minimum atomic E-state index is -3.82. The summed E-state index contributed by atoms with van der Waals surface area (Å²) in [5, 5.41) is 0. The van der Waals surface area contributed by atoms with Crippen LogP contribution in [0.5, 0.6) is 0 Å². The summed E-state index contributed by atoms with van der Waals surface area (Å²) in [4.78, 5) is 24.2. The topological polar surface area (TPSA) is 101 Å². The Labute approximate surface area is 126 Å². The van der Waals surface area contributed by atoms with Crippen molar-refractivity contribution in [2.45, 2.75) is 13.3 Å². The predicted molar refractivity (Wildman–Crippen MR) is 81.5 cm³/mol. The van der Waals surface area contributed by atoms with E-state index < -0.39 is 27.8 Å². The van der Waals surface area contributed by atoms with Crippen molar-refractivity contribution in [2.24, 2.45) is 11.7 Å². The van der Waals surface area contributed by atoms with Crippen LogP contribution in [0.3, 0.4) is 0 Å². The van der Waals surface area contributed by atoms with Crippen molar-refractivity contribution in [3.8, 4) is 0 Å². The van der Waals surface area contributed by atoms with E-state index in [-0.39, 0.29) is 24.4 Å². The summed E-state index contributed by atoms with van der Waals surface area (Å²) in [6, 6.07) is 0. The Morgan fingerprint density at radius 3 is 2.24 bits per heavy atom. The Morgan fingerprint density at radius 2 is 1.86 bits per heavy atom. The number of carbonyl (C=O) groups is 2. The van der Waals surface area contributed by atoms with Gasteiger partial charge in [-0.3, -0.25) is 14.5 Å². The molecule has 0 aromatic heterocycles. The lowest BCUT2D eigenvalue weighted by Gasteiger charge is -2.25. The van der Waals surface area contributed by atoms with Gasteiger partial charge in [-0.2, -0.15) is 0 Å². The Hall–Kier alpha value is -1.67. The standard InChI is InChI=1S/C13H23N3O4S/c1-6-12(17)16(9-15(4)5)21(19,20)8-10(2)7-11(3)13(14)18/h6,10H,1,3,7-9H2,2,4-5H3,(H2,14,18). The molecule has 120 valence electrons. The minimum absolute atomic E-state index is 0.0727. The van der Waals surface area contributed by atoms with Crippen LogP contribution in [0.15, 0.2) is 24.8 Å². The van der Waals surface area contributed by atoms with Crippen LogP contribution in [0.25, 0.3) is 0 Å². The lowest BCUT2D eigenvalue weighted by atomic mass is 10.0. The molecule has 0 rings (SSSR count). The zero-order valence-corrected chi connectivity index (χ0v) is 13.5. The van der Waals surface area contributed by atoms with E-state index in [9.17, 15) is 18.0 Å². The van der Waals surface area contributed by atoms with Gasteiger partial charge in [0.25, 0.3) is 5.91 Å². The molecular formula is C13H23N3O4S. The average molecular weight is 317 g/mol. The maximum atomic E-state index is 12.3. The summed E-state index contributed by atoms with van der Waals surface area (Å²) in [7, 11) is -0.522. The molecule has 7 nitrogen and oxygen atoms in total. The predicted octanol–water partition coefficient (Wildman–Crippen LogP) is -0.0824. The number of carbonyl (C=O) groups excluding carboxylic acids is 2. The molecule has 2 N–H and O–H groups in total. The van der Waals surface area contributed by atoms with Gasteiger partial charge in [-0.15, -0.1) is 0 Å². The molecule has 0 aliphatic heterocycles. The highest BCUT2D eigenvalue weighted by Gasteiger charge is 2.28. The third kappa shape index (κ3) is 6.54. The van der Waals surface area contributed by atoms with Crippen LogP contribution in [-0.2, 0) is 19.6 Å². The number of nitrogens with two attached hydrogens (primary N) is 1. The van der Waals surface area contributed by atoms with Crippen molar-refractivity contribution in [3.05, 3.63) is 24.8 Å². The van der Waals surface area contributed by atoms with E-state index in [0.29, 0.717) is 0 Å². The van der Waals surface area contributed by atoms with E-state index >= 15 is 0 Å². The fourth-order valence-corrected chi connectivity index (χ4v) is 3.46. The molecule has 0 bridgehead atoms. The monoisotopic (exact) mass is 317 g/mol. The molecule has 0 aromatic carbocycles. The van der Waals surface area contributed by atoms with Crippen molar-refractivity contribution in [1.29, 1.82) is 0 Å². The first-order valence-electron chi connectivity index (χ1n) is 6.30. The molecule has 0 saturated carbocycles. The smallest absolute Gasteiger partial charge is 0.260 e. The summed E-state index contributed by atoms with van der Waals surface area (Å²) >= 11 is 0. The SMILES string of the molecule is C=CC(=O)N(CN(C)C)S(=O)(=O)CC(C)CC(=C)C(N)=O. The largest absolute Gasteiger partial charge is 0.366 e. The molecule has 1 unspecified atom stereocenters. The highest BCUT2D eigenvalue weighted by atomic mass is 32.2. The third-order valence-electron chi connectivity index (χ3n) is 2.61. The van der Waals surface area contributed by atoms with E-state index in [1.807, 2.05) is 0 Å². The Kier molecular flexibility index (Phi) is 7.31. The quantitative estimate of drug-likeness (QED) is 0.473. The van der Waals surface area contributed by atoms with Crippen molar-refractivity contribution in [1.82, 2.24) is 9.21 Å². The van der Waals surface area contributed by atoms with Gasteiger partial charge in [0.05, 0.1) is 12.4 Å². The highest BCUT2D eigenvalue weighted by molar-refractivity contribution is 7.89. The summed E-state index contributed by atoms with van der Waals surface area (Å²) in [5.74, 6) is -2.03. The van der Waals surface area contributed by atoms with Crippen LogP contribution in [-0.4, -0.2) is 56.0 Å². The molecule has 2 amide bonds. The molecule has 0 spiro atoms.